The van der Waals surface area contributed by atoms with Gasteiger partial charge in [0.15, 0.2) is 0 Å². The first-order chi connectivity index (χ1) is 8.36. The minimum atomic E-state index is -4.48. The van der Waals surface area contributed by atoms with Crippen LogP contribution in [0, 0.1) is 5.41 Å². The van der Waals surface area contributed by atoms with Crippen molar-refractivity contribution in [3.63, 3.8) is 0 Å². The zero-order valence-corrected chi connectivity index (χ0v) is 10.8. The van der Waals surface area contributed by atoms with Gasteiger partial charge in [0.25, 0.3) is 0 Å². The van der Waals surface area contributed by atoms with Crippen LogP contribution in [0.2, 0.25) is 0 Å². The normalized spacial score (nSPS) is 11.6. The molecular weight excluding hydrogens is 261 g/mol. The van der Waals surface area contributed by atoms with Crippen LogP contribution in [-0.4, -0.2) is 11.6 Å². The lowest BCUT2D eigenvalue weighted by molar-refractivity contribution is -0.137. The van der Waals surface area contributed by atoms with Crippen molar-refractivity contribution in [3.05, 3.63) is 29.3 Å². The topological polar surface area (TPSA) is 49.9 Å². The fraction of sp³-hybridized carbons (Fsp3) is 0.417. The highest BCUT2D eigenvalue weighted by Crippen LogP contribution is 2.34. The SMILES string of the molecule is CCCCSc1ccc(C(=N)N)c(C(F)(F)F)c1. The number of nitrogen functional groups attached to an aromatic ring is 1. The molecule has 0 saturated heterocycles. The predicted molar refractivity (Wildman–Crippen MR) is 68.1 cm³/mol. The lowest BCUT2D eigenvalue weighted by Gasteiger charge is -2.13. The highest BCUT2D eigenvalue weighted by Gasteiger charge is 2.34. The number of unbranched alkanes of at least 4 members (excludes halogenated alkanes) is 1. The van der Waals surface area contributed by atoms with Crippen LogP contribution in [0.3, 0.4) is 0 Å². The zero-order valence-electron chi connectivity index (χ0n) is 9.97. The van der Waals surface area contributed by atoms with Gasteiger partial charge in [-0.25, -0.2) is 0 Å². The van der Waals surface area contributed by atoms with Gasteiger partial charge in [-0.3, -0.25) is 5.41 Å². The maximum absolute atomic E-state index is 12.8. The minimum Gasteiger partial charge on any atom is -0.384 e. The van der Waals surface area contributed by atoms with Crippen molar-refractivity contribution in [3.8, 4) is 0 Å². The van der Waals surface area contributed by atoms with Crippen LogP contribution >= 0.6 is 11.8 Å². The molecule has 1 rings (SSSR count). The fourth-order valence-corrected chi connectivity index (χ4v) is 2.45. The highest BCUT2D eigenvalue weighted by molar-refractivity contribution is 7.99. The summed E-state index contributed by atoms with van der Waals surface area (Å²) >= 11 is 1.38. The predicted octanol–water partition coefficient (Wildman–Crippen LogP) is 3.88. The van der Waals surface area contributed by atoms with E-state index in [4.69, 9.17) is 11.1 Å². The molecule has 100 valence electrons. The van der Waals surface area contributed by atoms with Gasteiger partial charge in [0.2, 0.25) is 0 Å². The van der Waals surface area contributed by atoms with Crippen molar-refractivity contribution >= 4 is 17.6 Å². The third kappa shape index (κ3) is 3.94. The summed E-state index contributed by atoms with van der Waals surface area (Å²) in [5.74, 6) is 0.222. The average Bonchev–Trinajstić information content (AvgIpc) is 2.28. The van der Waals surface area contributed by atoms with Crippen molar-refractivity contribution in [2.75, 3.05) is 5.75 Å². The summed E-state index contributed by atoms with van der Waals surface area (Å²) in [5.41, 5.74) is 4.06. The van der Waals surface area contributed by atoms with E-state index in [9.17, 15) is 13.2 Å². The molecule has 0 unspecified atom stereocenters. The van der Waals surface area contributed by atoms with Crippen LogP contribution in [0.5, 0.6) is 0 Å². The van der Waals surface area contributed by atoms with Crippen molar-refractivity contribution < 1.29 is 13.2 Å². The van der Waals surface area contributed by atoms with E-state index < -0.39 is 17.6 Å². The maximum atomic E-state index is 12.8. The summed E-state index contributed by atoms with van der Waals surface area (Å²) < 4.78 is 38.4. The molecule has 0 aromatic heterocycles. The molecule has 0 atom stereocenters. The Morgan fingerprint density at radius 2 is 2.06 bits per heavy atom. The lowest BCUT2D eigenvalue weighted by Crippen LogP contribution is -2.18. The summed E-state index contributed by atoms with van der Waals surface area (Å²) in [6.07, 6.45) is -2.52. The molecule has 0 aliphatic heterocycles. The smallest absolute Gasteiger partial charge is 0.384 e. The van der Waals surface area contributed by atoms with Gasteiger partial charge in [-0.2, -0.15) is 13.2 Å². The Kier molecular flexibility index (Phi) is 5.07. The first-order valence-electron chi connectivity index (χ1n) is 5.54. The lowest BCUT2D eigenvalue weighted by atomic mass is 10.1. The molecule has 0 amide bonds. The number of hydrogen-bond donors (Lipinski definition) is 2. The number of halogens is 3. The molecule has 0 heterocycles. The molecule has 3 N–H and O–H groups in total. The number of amidine groups is 1. The summed E-state index contributed by atoms with van der Waals surface area (Å²) in [5, 5.41) is 7.17. The molecule has 6 heteroatoms. The number of nitrogens with two attached hydrogens (primary N) is 1. The first-order valence-corrected chi connectivity index (χ1v) is 6.53. The first kappa shape index (κ1) is 14.9. The number of thioether (sulfide) groups is 1. The summed E-state index contributed by atoms with van der Waals surface area (Å²) in [4.78, 5) is 0.556. The Bertz CT molecular complexity index is 430. The molecule has 0 aliphatic rings. The Morgan fingerprint density at radius 3 is 2.56 bits per heavy atom. The summed E-state index contributed by atoms with van der Waals surface area (Å²) in [6, 6.07) is 3.91. The van der Waals surface area contributed by atoms with Gasteiger partial charge in [0.05, 0.1) is 5.56 Å². The second kappa shape index (κ2) is 6.13. The minimum absolute atomic E-state index is 0.262. The Labute approximate surface area is 108 Å². The Morgan fingerprint density at radius 1 is 1.39 bits per heavy atom. The molecule has 0 bridgehead atoms. The van der Waals surface area contributed by atoms with E-state index in [1.165, 1.54) is 17.8 Å². The van der Waals surface area contributed by atoms with Gasteiger partial charge in [0.1, 0.15) is 5.84 Å². The molecule has 0 radical (unpaired) electrons. The highest BCUT2D eigenvalue weighted by atomic mass is 32.2. The van der Waals surface area contributed by atoms with Gasteiger partial charge in [-0.05, 0) is 30.4 Å². The molecular formula is C12H15F3N2S. The number of alkyl halides is 3. The van der Waals surface area contributed by atoms with Crippen molar-refractivity contribution in [1.82, 2.24) is 0 Å². The Balaban J connectivity index is 3.02. The molecule has 0 fully saturated rings. The van der Waals surface area contributed by atoms with E-state index in [-0.39, 0.29) is 5.56 Å². The average molecular weight is 276 g/mol. The molecule has 0 saturated carbocycles. The monoisotopic (exact) mass is 276 g/mol. The third-order valence-electron chi connectivity index (χ3n) is 2.35. The van der Waals surface area contributed by atoms with Crippen LogP contribution in [0.1, 0.15) is 30.9 Å². The second-order valence-corrected chi connectivity index (χ2v) is 4.99. The van der Waals surface area contributed by atoms with Crippen LogP contribution in [-0.2, 0) is 6.18 Å². The van der Waals surface area contributed by atoms with Crippen LogP contribution in [0.25, 0.3) is 0 Å². The van der Waals surface area contributed by atoms with Crippen LogP contribution in [0.15, 0.2) is 23.1 Å². The van der Waals surface area contributed by atoms with E-state index >= 15 is 0 Å². The van der Waals surface area contributed by atoms with Crippen molar-refractivity contribution in [2.24, 2.45) is 5.73 Å². The second-order valence-electron chi connectivity index (χ2n) is 3.82. The molecule has 0 spiro atoms. The fourth-order valence-electron chi connectivity index (χ4n) is 1.42. The third-order valence-corrected chi connectivity index (χ3v) is 3.43. The van der Waals surface area contributed by atoms with E-state index in [1.54, 1.807) is 6.07 Å². The van der Waals surface area contributed by atoms with Crippen molar-refractivity contribution in [1.29, 1.82) is 5.41 Å². The van der Waals surface area contributed by atoms with Gasteiger partial charge >= 0.3 is 6.18 Å². The number of benzene rings is 1. The molecule has 1 aromatic carbocycles. The summed E-state index contributed by atoms with van der Waals surface area (Å²) in [7, 11) is 0. The zero-order chi connectivity index (χ0) is 13.8. The maximum Gasteiger partial charge on any atom is 0.417 e. The van der Waals surface area contributed by atoms with Crippen LogP contribution in [0.4, 0.5) is 13.2 Å². The van der Waals surface area contributed by atoms with Gasteiger partial charge in [0, 0.05) is 10.5 Å². The van der Waals surface area contributed by atoms with E-state index in [0.717, 1.165) is 24.7 Å². The number of nitrogens with one attached hydrogen (secondary N) is 1. The van der Waals surface area contributed by atoms with Gasteiger partial charge in [-0.1, -0.05) is 13.3 Å². The number of hydrogen-bond acceptors (Lipinski definition) is 2. The van der Waals surface area contributed by atoms with Crippen LogP contribution < -0.4 is 5.73 Å². The van der Waals surface area contributed by atoms with Gasteiger partial charge in [-0.15, -0.1) is 11.8 Å². The molecule has 0 aliphatic carbocycles. The largest absolute Gasteiger partial charge is 0.417 e. The van der Waals surface area contributed by atoms with E-state index in [2.05, 4.69) is 0 Å². The molecule has 1 aromatic rings. The molecule has 2 nitrogen and oxygen atoms in total. The van der Waals surface area contributed by atoms with Crippen molar-refractivity contribution in [2.45, 2.75) is 30.8 Å². The van der Waals surface area contributed by atoms with E-state index in [0.29, 0.717) is 4.90 Å². The van der Waals surface area contributed by atoms with Gasteiger partial charge < -0.3 is 5.73 Å². The summed E-state index contributed by atoms with van der Waals surface area (Å²) in [6.45, 7) is 2.03. The quantitative estimate of drug-likeness (QED) is 0.371. The standard InChI is InChI=1S/C12H15F3N2S/c1-2-3-6-18-8-4-5-9(11(16)17)10(7-8)12(13,14)15/h4-5,7H,2-3,6H2,1H3,(H3,16,17). The molecule has 18 heavy (non-hydrogen) atoms. The number of rotatable bonds is 5. The Hall–Kier alpha value is -1.17. The van der Waals surface area contributed by atoms with E-state index in [1.807, 2.05) is 6.92 Å².